The van der Waals surface area contributed by atoms with E-state index in [1.165, 1.54) is 28.0 Å². The molecule has 271 valence electrons. The third-order valence-electron chi connectivity index (χ3n) is 11.0. The number of aryl methyl sites for hydroxylation is 2. The predicted molar refractivity (Wildman–Crippen MR) is 210 cm³/mol. The molecule has 51 heavy (non-hydrogen) atoms. The van der Waals surface area contributed by atoms with E-state index < -0.39 is 0 Å². The summed E-state index contributed by atoms with van der Waals surface area (Å²) >= 11 is 0. The van der Waals surface area contributed by atoms with Crippen LogP contribution in [0.4, 0.5) is 0 Å². The van der Waals surface area contributed by atoms with Crippen LogP contribution in [0.25, 0.3) is 54.9 Å². The molecular weight excluding hydrogens is 809 g/mol. The van der Waals surface area contributed by atoms with Gasteiger partial charge in [-0.1, -0.05) is 127 Å². The first-order chi connectivity index (χ1) is 23.6. The van der Waals surface area contributed by atoms with Crippen LogP contribution in [0.3, 0.4) is 0 Å². The molecule has 4 aromatic carbocycles. The van der Waals surface area contributed by atoms with Crippen molar-refractivity contribution >= 4 is 49.4 Å². The van der Waals surface area contributed by atoms with Crippen LogP contribution in [0.2, 0.25) is 0 Å². The van der Waals surface area contributed by atoms with Crippen molar-refractivity contribution in [3.05, 3.63) is 95.5 Å². The summed E-state index contributed by atoms with van der Waals surface area (Å²) in [6, 6.07) is 25.1. The van der Waals surface area contributed by atoms with Gasteiger partial charge in [-0.15, -0.1) is 29.1 Å². The first-order valence-electron chi connectivity index (χ1n) is 18.1. The van der Waals surface area contributed by atoms with Gasteiger partial charge in [0.1, 0.15) is 17.2 Å². The molecule has 0 aliphatic heterocycles. The Balaban J connectivity index is 0.000000279. The first-order valence-corrected chi connectivity index (χ1v) is 18.1. The molecule has 6 rings (SSSR count). The quantitative estimate of drug-likeness (QED) is 0.0937. The molecule has 2 aromatic heterocycles. The molecule has 6 heteroatoms. The van der Waals surface area contributed by atoms with Crippen molar-refractivity contribution in [3.63, 3.8) is 0 Å². The normalized spacial score (nSPS) is 12.6. The van der Waals surface area contributed by atoms with Crippen LogP contribution in [0.1, 0.15) is 105 Å². The summed E-state index contributed by atoms with van der Waals surface area (Å²) in [5, 5.41) is 16.7. The molecule has 1 N–H and O–H groups in total. The van der Waals surface area contributed by atoms with E-state index in [1.807, 2.05) is 48.5 Å². The molecule has 0 spiro atoms. The summed E-state index contributed by atoms with van der Waals surface area (Å²) in [7, 11) is 0. The Morgan fingerprint density at radius 3 is 2.06 bits per heavy atom. The Kier molecular flexibility index (Phi) is 12.1. The molecular formula is C45H53IrN2O3-. The van der Waals surface area contributed by atoms with Crippen molar-refractivity contribution in [1.29, 1.82) is 0 Å². The number of rotatable bonds is 8. The molecule has 0 bridgehead atoms. The van der Waals surface area contributed by atoms with Gasteiger partial charge in [-0.2, -0.15) is 4.98 Å². The second-order valence-electron chi connectivity index (χ2n) is 15.4. The summed E-state index contributed by atoms with van der Waals surface area (Å²) in [6.07, 6.45) is 4.75. The maximum absolute atomic E-state index is 12.2. The average molecular weight is 862 g/mol. The largest absolute Gasteiger partial charge is 0.512 e. The fourth-order valence-electron chi connectivity index (χ4n) is 6.54. The van der Waals surface area contributed by atoms with Crippen LogP contribution in [0.15, 0.2) is 76.9 Å². The number of allylic oxidation sites excluding steroid dienone is 2. The summed E-state index contributed by atoms with van der Waals surface area (Å²) in [6.45, 7) is 22.9. The molecule has 2 heterocycles. The van der Waals surface area contributed by atoms with Gasteiger partial charge in [0.25, 0.3) is 0 Å². The number of fused-ring (bicyclic) bond motifs is 6. The van der Waals surface area contributed by atoms with Crippen molar-refractivity contribution in [2.45, 2.75) is 107 Å². The van der Waals surface area contributed by atoms with E-state index in [4.69, 9.17) is 9.40 Å². The molecule has 0 atom stereocenters. The fourth-order valence-corrected chi connectivity index (χ4v) is 6.54. The van der Waals surface area contributed by atoms with Crippen LogP contribution in [0, 0.1) is 30.7 Å². The number of benzene rings is 4. The monoisotopic (exact) mass is 862 g/mol. The molecule has 0 fully saturated rings. The van der Waals surface area contributed by atoms with Crippen molar-refractivity contribution in [2.75, 3.05) is 0 Å². The van der Waals surface area contributed by atoms with Gasteiger partial charge in [0.05, 0.1) is 0 Å². The number of aromatic nitrogens is 2. The summed E-state index contributed by atoms with van der Waals surface area (Å²) in [5.41, 5.74) is 5.23. The van der Waals surface area contributed by atoms with E-state index in [-0.39, 0.29) is 47.9 Å². The third-order valence-corrected chi connectivity index (χ3v) is 11.0. The standard InChI is InChI=1S/C30H25N2O.C15H28O2.Ir/c1-17-10-12-23-20(14-17)11-13-24-26-27(31-18(2)32-29(26)33-28(23)24)21-15-19-8-6-7-9-22(19)25(16-21)30(3,4)5;1-7-14(5,8-2)12(16)11-13(17)15(6,9-3)10-4;/h6-14,16H,1-5H3;11,16H,7-10H2,1-6H3;/q-1;;/b;12-11-;. The van der Waals surface area contributed by atoms with Crippen molar-refractivity contribution in [3.8, 4) is 11.3 Å². The van der Waals surface area contributed by atoms with Crippen molar-refractivity contribution in [1.82, 2.24) is 9.97 Å². The fraction of sp³-hybridized carbons (Fsp3) is 0.400. The van der Waals surface area contributed by atoms with Gasteiger partial charge in [0, 0.05) is 58.9 Å². The minimum absolute atomic E-state index is 0. The Bertz CT molecular complexity index is 2230. The zero-order chi connectivity index (χ0) is 36.6. The van der Waals surface area contributed by atoms with Crippen LogP contribution >= 0.6 is 0 Å². The van der Waals surface area contributed by atoms with E-state index in [2.05, 4.69) is 99.4 Å². The number of carbonyl (C=O) groups excluding carboxylic acids is 1. The van der Waals surface area contributed by atoms with Gasteiger partial charge < -0.3 is 9.52 Å². The number of hydrogen-bond acceptors (Lipinski definition) is 5. The van der Waals surface area contributed by atoms with E-state index in [0.29, 0.717) is 11.5 Å². The summed E-state index contributed by atoms with van der Waals surface area (Å²) < 4.78 is 6.37. The second kappa shape index (κ2) is 15.4. The van der Waals surface area contributed by atoms with Crippen LogP contribution in [-0.4, -0.2) is 20.9 Å². The SMILES string of the molecule is CCC(C)(CC)C(=O)/C=C(\O)C(C)(CC)CC.Cc1ccc2c(ccc3c2oc2nc(C)nc(-c4[c-]c5ccccc5c(C(C)(C)C)c4)c23)c1.[Ir]. The van der Waals surface area contributed by atoms with E-state index in [9.17, 15) is 9.90 Å². The average Bonchev–Trinajstić information content (AvgIpc) is 3.48. The first kappa shape index (κ1) is 39.9. The Morgan fingerprint density at radius 2 is 1.43 bits per heavy atom. The molecule has 6 aromatic rings. The molecule has 0 aliphatic carbocycles. The minimum atomic E-state index is -0.337. The number of carbonyl (C=O) groups is 1. The van der Waals surface area contributed by atoms with Crippen LogP contribution in [0.5, 0.6) is 0 Å². The second-order valence-corrected chi connectivity index (χ2v) is 15.4. The molecule has 5 nitrogen and oxygen atoms in total. The van der Waals surface area contributed by atoms with Gasteiger partial charge in [-0.3, -0.25) is 9.78 Å². The third kappa shape index (κ3) is 7.83. The summed E-state index contributed by atoms with van der Waals surface area (Å²) in [5.74, 6) is 0.976. The number of ketones is 1. The maximum atomic E-state index is 12.2. The molecule has 0 saturated carbocycles. The zero-order valence-electron chi connectivity index (χ0n) is 32.2. The number of aliphatic hydroxyl groups excluding tert-OH is 1. The Labute approximate surface area is 317 Å². The Morgan fingerprint density at radius 1 is 0.804 bits per heavy atom. The minimum Gasteiger partial charge on any atom is -0.512 e. The van der Waals surface area contributed by atoms with Gasteiger partial charge in [-0.25, -0.2) is 0 Å². The number of furan rings is 1. The van der Waals surface area contributed by atoms with E-state index >= 15 is 0 Å². The molecule has 0 saturated heterocycles. The van der Waals surface area contributed by atoms with Crippen molar-refractivity contribution in [2.24, 2.45) is 10.8 Å². The number of aliphatic hydroxyl groups is 1. The van der Waals surface area contributed by atoms with Gasteiger partial charge >= 0.3 is 0 Å². The number of hydrogen-bond donors (Lipinski definition) is 1. The smallest absolute Gasteiger partial charge is 0.223 e. The molecule has 0 amide bonds. The van der Waals surface area contributed by atoms with Crippen LogP contribution in [-0.2, 0) is 30.3 Å². The van der Waals surface area contributed by atoms with E-state index in [0.717, 1.165) is 64.1 Å². The Hall–Kier alpha value is -3.86. The number of nitrogens with zero attached hydrogens (tertiary/aromatic N) is 2. The van der Waals surface area contributed by atoms with Crippen LogP contribution < -0.4 is 0 Å². The molecule has 1 radical (unpaired) electrons. The topological polar surface area (TPSA) is 76.2 Å². The van der Waals surface area contributed by atoms with E-state index in [1.54, 1.807) is 0 Å². The molecule has 0 unspecified atom stereocenters. The van der Waals surface area contributed by atoms with Gasteiger partial charge in [0.15, 0.2) is 5.78 Å². The van der Waals surface area contributed by atoms with Gasteiger partial charge in [-0.05, 0) is 50.3 Å². The predicted octanol–water partition coefficient (Wildman–Crippen LogP) is 12.7. The van der Waals surface area contributed by atoms with Crippen molar-refractivity contribution < 1.29 is 34.4 Å². The summed E-state index contributed by atoms with van der Waals surface area (Å²) in [4.78, 5) is 21.8. The maximum Gasteiger partial charge on any atom is 0.223 e. The molecule has 0 aliphatic rings. The zero-order valence-corrected chi connectivity index (χ0v) is 34.6. The van der Waals surface area contributed by atoms with Gasteiger partial charge in [0.2, 0.25) is 5.71 Å².